The van der Waals surface area contributed by atoms with Crippen molar-refractivity contribution in [3.8, 4) is 5.75 Å². The van der Waals surface area contributed by atoms with Gasteiger partial charge in [-0.25, -0.2) is 0 Å². The summed E-state index contributed by atoms with van der Waals surface area (Å²) in [5, 5.41) is 10.1. The number of ether oxygens (including phenoxy) is 1. The van der Waals surface area contributed by atoms with Crippen LogP contribution in [0.15, 0.2) is 18.2 Å². The van der Waals surface area contributed by atoms with Gasteiger partial charge in [-0.2, -0.15) is 0 Å². The fourth-order valence-corrected chi connectivity index (χ4v) is 3.12. The molecule has 1 fully saturated rings. The fraction of sp³-hybridized carbons (Fsp3) is 0.625. The average molecular weight is 263 g/mol. The van der Waals surface area contributed by atoms with Crippen molar-refractivity contribution < 1.29 is 9.84 Å². The molecule has 2 unspecified atom stereocenters. The summed E-state index contributed by atoms with van der Waals surface area (Å²) in [7, 11) is 1.67. The Morgan fingerprint density at radius 1 is 1.42 bits per heavy atom. The van der Waals surface area contributed by atoms with Gasteiger partial charge in [0.15, 0.2) is 0 Å². The SMILES string of the molecule is CCC1CCCCN1c1cccc(OC)c1C(C)O. The van der Waals surface area contributed by atoms with Gasteiger partial charge in [0.05, 0.1) is 13.2 Å². The molecule has 1 N–H and O–H groups in total. The minimum atomic E-state index is -0.509. The summed E-state index contributed by atoms with van der Waals surface area (Å²) in [5.74, 6) is 0.785. The smallest absolute Gasteiger partial charge is 0.126 e. The molecule has 106 valence electrons. The predicted octanol–water partition coefficient (Wildman–Crippen LogP) is 3.52. The second-order valence-electron chi connectivity index (χ2n) is 5.32. The molecule has 0 radical (unpaired) electrons. The number of piperidine rings is 1. The molecule has 3 nitrogen and oxygen atoms in total. The molecule has 1 saturated heterocycles. The van der Waals surface area contributed by atoms with Crippen molar-refractivity contribution >= 4 is 5.69 Å². The summed E-state index contributed by atoms with van der Waals surface area (Å²) < 4.78 is 5.42. The van der Waals surface area contributed by atoms with Crippen LogP contribution in [0, 0.1) is 0 Å². The molecule has 2 atom stereocenters. The minimum absolute atomic E-state index is 0.509. The number of hydrogen-bond acceptors (Lipinski definition) is 3. The zero-order valence-corrected chi connectivity index (χ0v) is 12.2. The Morgan fingerprint density at radius 2 is 2.21 bits per heavy atom. The molecular weight excluding hydrogens is 238 g/mol. The van der Waals surface area contributed by atoms with Crippen molar-refractivity contribution in [2.24, 2.45) is 0 Å². The van der Waals surface area contributed by atoms with Crippen LogP contribution >= 0.6 is 0 Å². The first-order chi connectivity index (χ1) is 9.19. The molecular formula is C16H25NO2. The van der Waals surface area contributed by atoms with Crippen LogP contribution in [0.25, 0.3) is 0 Å². The van der Waals surface area contributed by atoms with E-state index in [9.17, 15) is 5.11 Å². The van der Waals surface area contributed by atoms with Crippen molar-refractivity contribution in [3.05, 3.63) is 23.8 Å². The van der Waals surface area contributed by atoms with Gasteiger partial charge in [-0.1, -0.05) is 13.0 Å². The van der Waals surface area contributed by atoms with Crippen molar-refractivity contribution in [1.29, 1.82) is 0 Å². The standard InChI is InChI=1S/C16H25NO2/c1-4-13-8-5-6-11-17(13)14-9-7-10-15(19-3)16(14)12(2)18/h7,9-10,12-13,18H,4-6,8,11H2,1-3H3. The van der Waals surface area contributed by atoms with Gasteiger partial charge in [0, 0.05) is 23.8 Å². The first-order valence-electron chi connectivity index (χ1n) is 7.30. The van der Waals surface area contributed by atoms with Crippen LogP contribution in [-0.2, 0) is 0 Å². The molecule has 0 aliphatic carbocycles. The minimum Gasteiger partial charge on any atom is -0.496 e. The lowest BCUT2D eigenvalue weighted by atomic mass is 9.96. The Bertz CT molecular complexity index is 417. The molecule has 0 aromatic heterocycles. The van der Waals surface area contributed by atoms with E-state index < -0.39 is 6.10 Å². The molecule has 0 spiro atoms. The molecule has 1 heterocycles. The highest BCUT2D eigenvalue weighted by Crippen LogP contribution is 2.37. The highest BCUT2D eigenvalue weighted by atomic mass is 16.5. The van der Waals surface area contributed by atoms with Crippen LogP contribution in [0.1, 0.15) is 51.2 Å². The van der Waals surface area contributed by atoms with E-state index in [0.717, 1.165) is 30.0 Å². The third-order valence-electron chi connectivity index (χ3n) is 4.09. The molecule has 1 aromatic rings. The quantitative estimate of drug-likeness (QED) is 0.902. The van der Waals surface area contributed by atoms with E-state index in [2.05, 4.69) is 17.9 Å². The number of benzene rings is 1. The highest BCUT2D eigenvalue weighted by Gasteiger charge is 2.25. The van der Waals surface area contributed by atoms with Gasteiger partial charge in [-0.15, -0.1) is 0 Å². The molecule has 0 saturated carbocycles. The second kappa shape index (κ2) is 6.29. The monoisotopic (exact) mass is 263 g/mol. The lowest BCUT2D eigenvalue weighted by Gasteiger charge is -2.39. The number of aliphatic hydroxyl groups is 1. The molecule has 1 aliphatic rings. The largest absolute Gasteiger partial charge is 0.496 e. The van der Waals surface area contributed by atoms with E-state index in [0.29, 0.717) is 6.04 Å². The number of hydrogen-bond donors (Lipinski definition) is 1. The number of aliphatic hydroxyl groups excluding tert-OH is 1. The van der Waals surface area contributed by atoms with E-state index in [-0.39, 0.29) is 0 Å². The zero-order valence-electron chi connectivity index (χ0n) is 12.2. The maximum atomic E-state index is 10.1. The first kappa shape index (κ1) is 14.2. The van der Waals surface area contributed by atoms with Crippen molar-refractivity contribution in [3.63, 3.8) is 0 Å². The molecule has 1 aromatic carbocycles. The molecule has 2 rings (SSSR count). The number of rotatable bonds is 4. The van der Waals surface area contributed by atoms with Gasteiger partial charge in [-0.3, -0.25) is 0 Å². The van der Waals surface area contributed by atoms with Crippen LogP contribution in [0.3, 0.4) is 0 Å². The third-order valence-corrected chi connectivity index (χ3v) is 4.09. The molecule has 0 bridgehead atoms. The normalized spacial score (nSPS) is 21.3. The van der Waals surface area contributed by atoms with E-state index >= 15 is 0 Å². The molecule has 0 amide bonds. The predicted molar refractivity (Wildman–Crippen MR) is 78.9 cm³/mol. The Hall–Kier alpha value is -1.22. The van der Waals surface area contributed by atoms with Crippen molar-refractivity contribution in [2.75, 3.05) is 18.6 Å². The van der Waals surface area contributed by atoms with Gasteiger partial charge in [0.1, 0.15) is 5.75 Å². The van der Waals surface area contributed by atoms with Crippen LogP contribution < -0.4 is 9.64 Å². The van der Waals surface area contributed by atoms with Crippen molar-refractivity contribution in [1.82, 2.24) is 0 Å². The zero-order chi connectivity index (χ0) is 13.8. The molecule has 19 heavy (non-hydrogen) atoms. The van der Waals surface area contributed by atoms with E-state index in [1.807, 2.05) is 19.1 Å². The number of nitrogens with zero attached hydrogens (tertiary/aromatic N) is 1. The summed E-state index contributed by atoms with van der Waals surface area (Å²) in [6.45, 7) is 5.13. The maximum absolute atomic E-state index is 10.1. The van der Waals surface area contributed by atoms with Gasteiger partial charge < -0.3 is 14.7 Å². The van der Waals surface area contributed by atoms with Gasteiger partial charge in [-0.05, 0) is 44.7 Å². The van der Waals surface area contributed by atoms with Gasteiger partial charge >= 0.3 is 0 Å². The van der Waals surface area contributed by atoms with Crippen molar-refractivity contribution in [2.45, 2.75) is 51.7 Å². The van der Waals surface area contributed by atoms with Crippen LogP contribution in [0.4, 0.5) is 5.69 Å². The summed E-state index contributed by atoms with van der Waals surface area (Å²) >= 11 is 0. The summed E-state index contributed by atoms with van der Waals surface area (Å²) in [6, 6.07) is 6.63. The lowest BCUT2D eigenvalue weighted by Crippen LogP contribution is -2.39. The Kier molecular flexibility index (Phi) is 4.70. The van der Waals surface area contributed by atoms with E-state index in [1.165, 1.54) is 19.3 Å². The van der Waals surface area contributed by atoms with Gasteiger partial charge in [0.2, 0.25) is 0 Å². The van der Waals surface area contributed by atoms with Gasteiger partial charge in [0.25, 0.3) is 0 Å². The summed E-state index contributed by atoms with van der Waals surface area (Å²) in [6.07, 6.45) is 4.42. The van der Waals surface area contributed by atoms with Crippen LogP contribution in [0.5, 0.6) is 5.75 Å². The maximum Gasteiger partial charge on any atom is 0.126 e. The number of methoxy groups -OCH3 is 1. The average Bonchev–Trinajstić information content (AvgIpc) is 2.46. The summed E-state index contributed by atoms with van der Waals surface area (Å²) in [4.78, 5) is 2.45. The Balaban J connectivity index is 2.42. The third kappa shape index (κ3) is 2.86. The van der Waals surface area contributed by atoms with E-state index in [1.54, 1.807) is 7.11 Å². The fourth-order valence-electron chi connectivity index (χ4n) is 3.12. The molecule has 3 heteroatoms. The van der Waals surface area contributed by atoms with Crippen LogP contribution in [-0.4, -0.2) is 24.8 Å². The Labute approximate surface area is 116 Å². The van der Waals surface area contributed by atoms with Crippen LogP contribution in [0.2, 0.25) is 0 Å². The first-order valence-corrected chi connectivity index (χ1v) is 7.30. The lowest BCUT2D eigenvalue weighted by molar-refractivity contribution is 0.194. The number of anilines is 1. The second-order valence-corrected chi connectivity index (χ2v) is 5.32. The Morgan fingerprint density at radius 3 is 2.84 bits per heavy atom. The highest BCUT2D eigenvalue weighted by molar-refractivity contribution is 5.61. The topological polar surface area (TPSA) is 32.7 Å². The molecule has 1 aliphatic heterocycles. The van der Waals surface area contributed by atoms with E-state index in [4.69, 9.17) is 4.74 Å². The summed E-state index contributed by atoms with van der Waals surface area (Å²) in [5.41, 5.74) is 2.06.